The lowest BCUT2D eigenvalue weighted by molar-refractivity contribution is -0.131. The number of methoxy groups -OCH3 is 1. The minimum Gasteiger partial charge on any atom is -0.497 e. The molecule has 6 nitrogen and oxygen atoms in total. The molecule has 1 unspecified atom stereocenters. The molecule has 25 heavy (non-hydrogen) atoms. The first kappa shape index (κ1) is 17.0. The van der Waals surface area contributed by atoms with Gasteiger partial charge in [0.1, 0.15) is 5.75 Å². The number of benzene rings is 1. The van der Waals surface area contributed by atoms with Gasteiger partial charge < -0.3 is 14.9 Å². The number of ether oxygens (including phenoxy) is 1. The number of hydrogen-bond acceptors (Lipinski definition) is 5. The van der Waals surface area contributed by atoms with Crippen molar-refractivity contribution >= 4 is 11.6 Å². The molecule has 3 rings (SSSR count). The Hall–Kier alpha value is -2.89. The standard InChI is InChI=1S/C19H21N3O3/c1-24-17-6-4-14(5-7-17)11-16-12-18(25-22-16)19(23)21-10-8-15-3-2-9-20-13-15/h2-7,9,13,18H,8,10-12H2,1H3,(H,21,23). The fraction of sp³-hybridized carbons (Fsp3) is 0.316. The number of rotatable bonds is 7. The third-order valence-corrected chi connectivity index (χ3v) is 4.03. The highest BCUT2D eigenvalue weighted by Gasteiger charge is 2.27. The fourth-order valence-corrected chi connectivity index (χ4v) is 2.64. The minimum absolute atomic E-state index is 0.127. The number of amides is 1. The number of carbonyl (C=O) groups excluding carboxylic acids is 1. The maximum absolute atomic E-state index is 12.2. The van der Waals surface area contributed by atoms with Crippen molar-refractivity contribution in [2.45, 2.75) is 25.4 Å². The van der Waals surface area contributed by atoms with Crippen LogP contribution >= 0.6 is 0 Å². The molecule has 0 aliphatic carbocycles. The third kappa shape index (κ3) is 4.79. The first-order valence-corrected chi connectivity index (χ1v) is 8.25. The smallest absolute Gasteiger partial charge is 0.264 e. The summed E-state index contributed by atoms with van der Waals surface area (Å²) in [5, 5.41) is 6.95. The summed E-state index contributed by atoms with van der Waals surface area (Å²) < 4.78 is 5.15. The predicted octanol–water partition coefficient (Wildman–Crippen LogP) is 2.14. The Balaban J connectivity index is 1.42. The summed E-state index contributed by atoms with van der Waals surface area (Å²) in [5.41, 5.74) is 3.07. The second-order valence-electron chi connectivity index (χ2n) is 5.88. The van der Waals surface area contributed by atoms with E-state index < -0.39 is 6.10 Å². The molecular formula is C19H21N3O3. The van der Waals surface area contributed by atoms with E-state index in [2.05, 4.69) is 15.5 Å². The molecule has 1 aromatic heterocycles. The second-order valence-corrected chi connectivity index (χ2v) is 5.88. The van der Waals surface area contributed by atoms with E-state index in [9.17, 15) is 4.79 Å². The largest absolute Gasteiger partial charge is 0.497 e. The number of carbonyl (C=O) groups is 1. The van der Waals surface area contributed by atoms with Gasteiger partial charge in [-0.3, -0.25) is 9.78 Å². The molecule has 0 radical (unpaired) electrons. The van der Waals surface area contributed by atoms with Crippen molar-refractivity contribution in [2.75, 3.05) is 13.7 Å². The summed E-state index contributed by atoms with van der Waals surface area (Å²) in [5.74, 6) is 0.691. The van der Waals surface area contributed by atoms with Crippen molar-refractivity contribution in [3.8, 4) is 5.75 Å². The average molecular weight is 339 g/mol. The summed E-state index contributed by atoms with van der Waals surface area (Å²) in [6, 6.07) is 11.7. The van der Waals surface area contributed by atoms with E-state index in [1.54, 1.807) is 19.5 Å². The van der Waals surface area contributed by atoms with Gasteiger partial charge in [0.2, 0.25) is 6.10 Å². The summed E-state index contributed by atoms with van der Waals surface area (Å²) >= 11 is 0. The lowest BCUT2D eigenvalue weighted by Gasteiger charge is -2.09. The highest BCUT2D eigenvalue weighted by molar-refractivity contribution is 5.93. The van der Waals surface area contributed by atoms with Crippen LogP contribution in [0.5, 0.6) is 5.75 Å². The van der Waals surface area contributed by atoms with Gasteiger partial charge in [0.05, 0.1) is 12.8 Å². The zero-order valence-electron chi connectivity index (χ0n) is 14.1. The van der Waals surface area contributed by atoms with Gasteiger partial charge in [0, 0.05) is 31.8 Å². The third-order valence-electron chi connectivity index (χ3n) is 4.03. The summed E-state index contributed by atoms with van der Waals surface area (Å²) in [4.78, 5) is 21.5. The van der Waals surface area contributed by atoms with Crippen LogP contribution in [0.3, 0.4) is 0 Å². The van der Waals surface area contributed by atoms with E-state index in [0.717, 1.165) is 29.0 Å². The van der Waals surface area contributed by atoms with Gasteiger partial charge in [0.25, 0.3) is 5.91 Å². The molecule has 1 N–H and O–H groups in total. The quantitative estimate of drug-likeness (QED) is 0.839. The van der Waals surface area contributed by atoms with E-state index in [4.69, 9.17) is 9.57 Å². The molecule has 1 aliphatic heterocycles. The predicted molar refractivity (Wildman–Crippen MR) is 94.6 cm³/mol. The number of pyridine rings is 1. The lowest BCUT2D eigenvalue weighted by Crippen LogP contribution is -2.36. The van der Waals surface area contributed by atoms with E-state index in [-0.39, 0.29) is 5.91 Å². The van der Waals surface area contributed by atoms with Gasteiger partial charge in [-0.25, -0.2) is 0 Å². The van der Waals surface area contributed by atoms with Crippen LogP contribution in [0.2, 0.25) is 0 Å². The zero-order valence-corrected chi connectivity index (χ0v) is 14.1. The van der Waals surface area contributed by atoms with Crippen molar-refractivity contribution in [1.29, 1.82) is 0 Å². The van der Waals surface area contributed by atoms with E-state index >= 15 is 0 Å². The molecule has 1 aliphatic rings. The van der Waals surface area contributed by atoms with Crippen LogP contribution in [-0.4, -0.2) is 36.4 Å². The highest BCUT2D eigenvalue weighted by Crippen LogP contribution is 2.17. The van der Waals surface area contributed by atoms with Crippen LogP contribution in [0.15, 0.2) is 53.9 Å². The van der Waals surface area contributed by atoms with Gasteiger partial charge in [-0.2, -0.15) is 0 Å². The molecule has 0 spiro atoms. The molecule has 1 atom stereocenters. The zero-order chi connectivity index (χ0) is 17.5. The average Bonchev–Trinajstić information content (AvgIpc) is 3.12. The maximum atomic E-state index is 12.2. The summed E-state index contributed by atoms with van der Waals surface area (Å²) in [6.45, 7) is 0.554. The van der Waals surface area contributed by atoms with Crippen LogP contribution in [0.1, 0.15) is 17.5 Å². The van der Waals surface area contributed by atoms with Crippen molar-refractivity contribution < 1.29 is 14.4 Å². The van der Waals surface area contributed by atoms with Gasteiger partial charge >= 0.3 is 0 Å². The molecule has 130 valence electrons. The van der Waals surface area contributed by atoms with E-state index in [0.29, 0.717) is 19.4 Å². The first-order valence-electron chi connectivity index (χ1n) is 8.25. The molecule has 0 fully saturated rings. The SMILES string of the molecule is COc1ccc(CC2=NOC(C(=O)NCCc3cccnc3)C2)cc1. The van der Waals surface area contributed by atoms with E-state index in [1.165, 1.54) is 0 Å². The Morgan fingerprint density at radius 1 is 1.28 bits per heavy atom. The first-order chi connectivity index (χ1) is 12.2. The van der Waals surface area contributed by atoms with Crippen molar-refractivity contribution in [3.05, 3.63) is 59.9 Å². The van der Waals surface area contributed by atoms with Crippen molar-refractivity contribution in [1.82, 2.24) is 10.3 Å². The minimum atomic E-state index is -0.540. The molecule has 1 amide bonds. The number of oxime groups is 1. The van der Waals surface area contributed by atoms with Crippen LogP contribution < -0.4 is 10.1 Å². The molecule has 2 aromatic rings. The van der Waals surface area contributed by atoms with Gasteiger partial charge in [-0.15, -0.1) is 0 Å². The number of nitrogens with one attached hydrogen (secondary N) is 1. The normalized spacial score (nSPS) is 16.0. The molecular weight excluding hydrogens is 318 g/mol. The van der Waals surface area contributed by atoms with E-state index in [1.807, 2.05) is 36.4 Å². The van der Waals surface area contributed by atoms with Gasteiger partial charge in [-0.05, 0) is 35.7 Å². The van der Waals surface area contributed by atoms with Gasteiger partial charge in [-0.1, -0.05) is 23.4 Å². The molecule has 1 aromatic carbocycles. The number of nitrogens with zero attached hydrogens (tertiary/aromatic N) is 2. The maximum Gasteiger partial charge on any atom is 0.264 e. The Labute approximate surface area is 146 Å². The molecule has 0 saturated heterocycles. The number of hydrogen-bond donors (Lipinski definition) is 1. The Morgan fingerprint density at radius 3 is 2.84 bits per heavy atom. The highest BCUT2D eigenvalue weighted by atomic mass is 16.6. The fourth-order valence-electron chi connectivity index (χ4n) is 2.64. The molecule has 0 bridgehead atoms. The Kier molecular flexibility index (Phi) is 5.61. The van der Waals surface area contributed by atoms with Crippen LogP contribution in [0.4, 0.5) is 0 Å². The van der Waals surface area contributed by atoms with Crippen LogP contribution in [0, 0.1) is 0 Å². The Morgan fingerprint density at radius 2 is 2.12 bits per heavy atom. The van der Waals surface area contributed by atoms with Crippen LogP contribution in [0.25, 0.3) is 0 Å². The Bertz CT molecular complexity index is 729. The molecule has 2 heterocycles. The number of aromatic nitrogens is 1. The summed E-state index contributed by atoms with van der Waals surface area (Å²) in [7, 11) is 1.64. The molecule has 0 saturated carbocycles. The second kappa shape index (κ2) is 8.28. The van der Waals surface area contributed by atoms with Crippen molar-refractivity contribution in [2.24, 2.45) is 5.16 Å². The summed E-state index contributed by atoms with van der Waals surface area (Å²) in [6.07, 6.45) is 4.92. The monoisotopic (exact) mass is 339 g/mol. The van der Waals surface area contributed by atoms with Crippen molar-refractivity contribution in [3.63, 3.8) is 0 Å². The van der Waals surface area contributed by atoms with Crippen LogP contribution in [-0.2, 0) is 22.5 Å². The lowest BCUT2D eigenvalue weighted by atomic mass is 10.0. The van der Waals surface area contributed by atoms with Gasteiger partial charge in [0.15, 0.2) is 0 Å². The molecule has 6 heteroatoms. The topological polar surface area (TPSA) is 72.8 Å².